The number of benzene rings is 3. The number of rotatable bonds is 5. The predicted molar refractivity (Wildman–Crippen MR) is 159 cm³/mol. The molecule has 5 rings (SSSR count). The number of anilines is 1. The highest BCUT2D eigenvalue weighted by Crippen LogP contribution is 2.47. The van der Waals surface area contributed by atoms with Crippen molar-refractivity contribution in [1.29, 1.82) is 5.26 Å². The average molecular weight is 585 g/mol. The van der Waals surface area contributed by atoms with Crippen molar-refractivity contribution in [3.05, 3.63) is 116 Å². The molecule has 0 saturated carbocycles. The van der Waals surface area contributed by atoms with Crippen LogP contribution in [0.2, 0.25) is 0 Å². The minimum atomic E-state index is -0.464. The number of ketones is 1. The van der Waals surface area contributed by atoms with E-state index in [0.29, 0.717) is 23.4 Å². The van der Waals surface area contributed by atoms with Gasteiger partial charge < -0.3 is 5.73 Å². The molecule has 4 nitrogen and oxygen atoms in total. The maximum atomic E-state index is 13.6. The van der Waals surface area contributed by atoms with Crippen LogP contribution in [0.3, 0.4) is 0 Å². The van der Waals surface area contributed by atoms with Gasteiger partial charge in [0.15, 0.2) is 5.78 Å². The Morgan fingerprint density at radius 2 is 1.82 bits per heavy atom. The zero-order valence-corrected chi connectivity index (χ0v) is 24.2. The Morgan fingerprint density at radius 3 is 2.55 bits per heavy atom. The fraction of sp³-hybridized carbons (Fsp3) is 0.250. The third-order valence-electron chi connectivity index (χ3n) is 7.49. The summed E-state index contributed by atoms with van der Waals surface area (Å²) in [6, 6.07) is 23.0. The van der Waals surface area contributed by atoms with Gasteiger partial charge in [-0.1, -0.05) is 52.3 Å². The van der Waals surface area contributed by atoms with Gasteiger partial charge in [0.25, 0.3) is 0 Å². The van der Waals surface area contributed by atoms with Gasteiger partial charge in [-0.2, -0.15) is 5.26 Å². The van der Waals surface area contributed by atoms with Crippen molar-refractivity contribution >= 4 is 39.2 Å². The highest BCUT2D eigenvalue weighted by Gasteiger charge is 2.41. The molecule has 1 heterocycles. The number of halogens is 1. The number of carbonyl (C=O) groups is 1. The van der Waals surface area contributed by atoms with Crippen LogP contribution in [0, 0.1) is 32.1 Å². The summed E-state index contributed by atoms with van der Waals surface area (Å²) in [5.74, 6) is 0.850. The van der Waals surface area contributed by atoms with E-state index in [0.717, 1.165) is 45.6 Å². The van der Waals surface area contributed by atoms with E-state index in [1.807, 2.05) is 40.9 Å². The van der Waals surface area contributed by atoms with Crippen LogP contribution in [0.4, 0.5) is 5.69 Å². The van der Waals surface area contributed by atoms with Gasteiger partial charge >= 0.3 is 0 Å². The molecular weight excluding hydrogens is 554 g/mol. The molecule has 2 N–H and O–H groups in total. The Balaban J connectivity index is 1.64. The number of nitrogens with two attached hydrogens (primary N) is 1. The predicted octanol–water partition coefficient (Wildman–Crippen LogP) is 7.97. The summed E-state index contributed by atoms with van der Waals surface area (Å²) >= 11 is 5.37. The van der Waals surface area contributed by atoms with Crippen molar-refractivity contribution < 1.29 is 4.79 Å². The SMILES string of the molecule is Cc1cc(C)c(C2C(C#N)=C(N)N(c3cccc(Br)c3)C3=C2C(=O)CCC3)cc1CSc1ccccc1C. The second kappa shape index (κ2) is 10.8. The Bertz CT molecular complexity index is 1550. The van der Waals surface area contributed by atoms with E-state index in [9.17, 15) is 10.1 Å². The summed E-state index contributed by atoms with van der Waals surface area (Å²) in [4.78, 5) is 16.7. The van der Waals surface area contributed by atoms with E-state index in [-0.39, 0.29) is 5.78 Å². The maximum absolute atomic E-state index is 13.6. The highest BCUT2D eigenvalue weighted by atomic mass is 79.9. The minimum Gasteiger partial charge on any atom is -0.384 e. The zero-order valence-electron chi connectivity index (χ0n) is 21.8. The number of carbonyl (C=O) groups excluding carboxylic acids is 1. The van der Waals surface area contributed by atoms with Crippen LogP contribution in [0.15, 0.2) is 92.7 Å². The van der Waals surface area contributed by atoms with Gasteiger partial charge in [0.05, 0.1) is 17.6 Å². The molecule has 1 aliphatic carbocycles. The lowest BCUT2D eigenvalue weighted by Crippen LogP contribution is -2.38. The lowest BCUT2D eigenvalue weighted by molar-refractivity contribution is -0.116. The number of Topliss-reactive ketones (excluding diaryl/α,β-unsaturated/α-hetero) is 1. The van der Waals surface area contributed by atoms with Crippen LogP contribution in [-0.4, -0.2) is 5.78 Å². The standard InChI is InChI=1S/C32H30BrN3OS/c1-19-8-4-5-13-29(19)38-18-22-15-25(21(3)14-20(22)2)30-26(17-34)32(35)36(24-10-6-9-23(33)16-24)27-11-7-12-28(37)31(27)30/h4-6,8-10,13-16,30H,7,11-12,18,35H2,1-3H3. The van der Waals surface area contributed by atoms with Crippen LogP contribution in [0.5, 0.6) is 0 Å². The van der Waals surface area contributed by atoms with Gasteiger partial charge in [-0.3, -0.25) is 9.69 Å². The molecule has 6 heteroatoms. The number of hydrogen-bond donors (Lipinski definition) is 1. The van der Waals surface area contributed by atoms with Crippen molar-refractivity contribution in [1.82, 2.24) is 0 Å². The Kier molecular flexibility index (Phi) is 7.52. The molecule has 1 atom stereocenters. The fourth-order valence-corrected chi connectivity index (χ4v) is 7.04. The van der Waals surface area contributed by atoms with Crippen molar-refractivity contribution in [3.63, 3.8) is 0 Å². The molecule has 0 spiro atoms. The van der Waals surface area contributed by atoms with Crippen LogP contribution in [0.1, 0.15) is 53.0 Å². The summed E-state index contributed by atoms with van der Waals surface area (Å²) in [7, 11) is 0. The van der Waals surface area contributed by atoms with Gasteiger partial charge in [0.1, 0.15) is 5.82 Å². The van der Waals surface area contributed by atoms with Crippen LogP contribution in [0.25, 0.3) is 0 Å². The zero-order chi connectivity index (χ0) is 27.0. The molecule has 2 aliphatic rings. The molecule has 0 aromatic heterocycles. The summed E-state index contributed by atoms with van der Waals surface area (Å²) in [5.41, 5.74) is 15.4. The summed E-state index contributed by atoms with van der Waals surface area (Å²) in [6.07, 6.45) is 2.00. The normalized spacial score (nSPS) is 17.5. The van der Waals surface area contributed by atoms with E-state index in [1.54, 1.807) is 0 Å². The van der Waals surface area contributed by atoms with Crippen molar-refractivity contribution in [2.75, 3.05) is 4.90 Å². The molecule has 1 aliphatic heterocycles. The Labute approximate surface area is 237 Å². The van der Waals surface area contributed by atoms with Crippen LogP contribution < -0.4 is 10.6 Å². The number of nitrogens with zero attached hydrogens (tertiary/aromatic N) is 2. The highest BCUT2D eigenvalue weighted by molar-refractivity contribution is 9.10. The van der Waals surface area contributed by atoms with E-state index in [4.69, 9.17) is 5.73 Å². The topological polar surface area (TPSA) is 70.1 Å². The Hall–Kier alpha value is -3.27. The molecule has 192 valence electrons. The van der Waals surface area contributed by atoms with Crippen LogP contribution in [-0.2, 0) is 10.5 Å². The third kappa shape index (κ3) is 4.81. The van der Waals surface area contributed by atoms with E-state index < -0.39 is 5.92 Å². The smallest absolute Gasteiger partial charge is 0.161 e. The molecular formula is C32H30BrN3OS. The number of nitriles is 1. The van der Waals surface area contributed by atoms with E-state index in [1.165, 1.54) is 21.6 Å². The van der Waals surface area contributed by atoms with E-state index >= 15 is 0 Å². The number of aryl methyl sites for hydroxylation is 3. The first kappa shape index (κ1) is 26.3. The minimum absolute atomic E-state index is 0.104. The van der Waals surface area contributed by atoms with E-state index in [2.05, 4.69) is 79.2 Å². The van der Waals surface area contributed by atoms with Crippen LogP contribution >= 0.6 is 27.7 Å². The third-order valence-corrected chi connectivity index (χ3v) is 9.21. The lowest BCUT2D eigenvalue weighted by Gasteiger charge is -2.40. The second-order valence-electron chi connectivity index (χ2n) is 9.99. The quantitative estimate of drug-likeness (QED) is 0.308. The van der Waals surface area contributed by atoms with Gasteiger partial charge in [-0.15, -0.1) is 11.8 Å². The van der Waals surface area contributed by atoms with Crippen molar-refractivity contribution in [2.45, 2.75) is 56.6 Å². The van der Waals surface area contributed by atoms with Crippen molar-refractivity contribution in [2.24, 2.45) is 5.73 Å². The van der Waals surface area contributed by atoms with Gasteiger partial charge in [-0.25, -0.2) is 0 Å². The van der Waals surface area contributed by atoms with Crippen molar-refractivity contribution in [3.8, 4) is 6.07 Å². The molecule has 3 aromatic rings. The summed E-state index contributed by atoms with van der Waals surface area (Å²) in [6.45, 7) is 6.33. The monoisotopic (exact) mass is 583 g/mol. The molecule has 38 heavy (non-hydrogen) atoms. The molecule has 0 bridgehead atoms. The number of allylic oxidation sites excluding steroid dienone is 3. The van der Waals surface area contributed by atoms with Gasteiger partial charge in [-0.05, 0) is 85.7 Å². The fourth-order valence-electron chi connectivity index (χ4n) is 5.56. The Morgan fingerprint density at radius 1 is 1.03 bits per heavy atom. The maximum Gasteiger partial charge on any atom is 0.161 e. The summed E-state index contributed by atoms with van der Waals surface area (Å²) < 4.78 is 0.915. The second-order valence-corrected chi connectivity index (χ2v) is 11.9. The average Bonchev–Trinajstić information content (AvgIpc) is 2.89. The number of hydrogen-bond acceptors (Lipinski definition) is 5. The number of thioether (sulfide) groups is 1. The molecule has 0 radical (unpaired) electrons. The molecule has 3 aromatic carbocycles. The first-order valence-corrected chi connectivity index (χ1v) is 14.6. The van der Waals surface area contributed by atoms with Gasteiger partial charge in [0, 0.05) is 38.5 Å². The molecule has 0 fully saturated rings. The lowest BCUT2D eigenvalue weighted by atomic mass is 9.74. The van der Waals surface area contributed by atoms with Gasteiger partial charge in [0.2, 0.25) is 0 Å². The molecule has 1 unspecified atom stereocenters. The first-order valence-electron chi connectivity index (χ1n) is 12.8. The summed E-state index contributed by atoms with van der Waals surface area (Å²) in [5, 5.41) is 10.4. The largest absolute Gasteiger partial charge is 0.384 e. The molecule has 0 saturated heterocycles. The molecule has 0 amide bonds. The first-order chi connectivity index (χ1) is 18.3.